The summed E-state index contributed by atoms with van der Waals surface area (Å²) < 4.78 is 0. The number of nitriles is 1. The maximum atomic E-state index is 9.92. The molecule has 7 aromatic carbocycles. The van der Waals surface area contributed by atoms with E-state index in [0.717, 1.165) is 55.5 Å². The number of pyridine rings is 1. The summed E-state index contributed by atoms with van der Waals surface area (Å²) in [5.74, 6) is 0. The molecule has 0 bridgehead atoms. The van der Waals surface area contributed by atoms with E-state index >= 15 is 0 Å². The molecule has 0 spiro atoms. The lowest BCUT2D eigenvalue weighted by Gasteiger charge is -2.17. The van der Waals surface area contributed by atoms with Crippen LogP contribution in [0.3, 0.4) is 0 Å². The van der Waals surface area contributed by atoms with Crippen LogP contribution in [0.5, 0.6) is 0 Å². The minimum atomic E-state index is 0.683. The van der Waals surface area contributed by atoms with Gasteiger partial charge in [0, 0.05) is 21.9 Å². The molecule has 0 atom stereocenters. The molecule has 1 aliphatic carbocycles. The zero-order chi connectivity index (χ0) is 30.6. The molecular formula is C44H26N2. The molecule has 9 rings (SSSR count). The average molecular weight is 583 g/mol. The normalized spacial score (nSPS) is 11.5. The van der Waals surface area contributed by atoms with Crippen LogP contribution in [0.25, 0.3) is 88.6 Å². The minimum Gasteiger partial charge on any atom is -0.248 e. The third kappa shape index (κ3) is 4.00. The first-order valence-electron chi connectivity index (χ1n) is 15.5. The molecule has 2 heteroatoms. The lowest BCUT2D eigenvalue weighted by molar-refractivity contribution is 1.33. The van der Waals surface area contributed by atoms with Crippen LogP contribution in [0, 0.1) is 11.3 Å². The smallest absolute Gasteiger partial charge is 0.0998 e. The molecular weight excluding hydrogens is 556 g/mol. The molecule has 212 valence electrons. The van der Waals surface area contributed by atoms with Crippen molar-refractivity contribution in [2.24, 2.45) is 0 Å². The van der Waals surface area contributed by atoms with Gasteiger partial charge in [-0.1, -0.05) is 140 Å². The van der Waals surface area contributed by atoms with Crippen LogP contribution in [0.15, 0.2) is 158 Å². The van der Waals surface area contributed by atoms with Gasteiger partial charge in [0.05, 0.1) is 23.0 Å². The highest BCUT2D eigenvalue weighted by Gasteiger charge is 2.26. The Hall–Kier alpha value is -6.30. The van der Waals surface area contributed by atoms with Crippen LogP contribution in [-0.2, 0) is 0 Å². The standard InChI is InChI=1S/C44H26N2/c45-27-30-19-20-36(33-16-8-7-15-32(30)33)39-22-21-37-34-17-9-10-18-35(34)38-23-24-40(44(39)43(37)38)42-26-31(28-11-3-1-4-12-28)25-41(46-42)29-13-5-2-6-14-29/h1-26H. The fourth-order valence-electron chi connectivity index (χ4n) is 7.19. The van der Waals surface area contributed by atoms with Crippen molar-refractivity contribution in [3.05, 3.63) is 163 Å². The largest absolute Gasteiger partial charge is 0.248 e. The van der Waals surface area contributed by atoms with Crippen molar-refractivity contribution in [2.45, 2.75) is 0 Å². The molecule has 0 saturated heterocycles. The summed E-state index contributed by atoms with van der Waals surface area (Å²) in [6, 6.07) is 57.8. The van der Waals surface area contributed by atoms with Crippen molar-refractivity contribution < 1.29 is 0 Å². The topological polar surface area (TPSA) is 36.7 Å². The van der Waals surface area contributed by atoms with E-state index in [9.17, 15) is 5.26 Å². The van der Waals surface area contributed by atoms with Gasteiger partial charge < -0.3 is 0 Å². The molecule has 46 heavy (non-hydrogen) atoms. The highest BCUT2D eigenvalue weighted by molar-refractivity contribution is 6.23. The number of rotatable bonds is 4. The molecule has 0 amide bonds. The van der Waals surface area contributed by atoms with Crippen molar-refractivity contribution in [1.29, 1.82) is 5.26 Å². The van der Waals surface area contributed by atoms with E-state index < -0.39 is 0 Å². The summed E-state index contributed by atoms with van der Waals surface area (Å²) in [7, 11) is 0. The molecule has 0 fully saturated rings. The van der Waals surface area contributed by atoms with Gasteiger partial charge in [-0.2, -0.15) is 5.26 Å². The number of hydrogen-bond donors (Lipinski definition) is 0. The van der Waals surface area contributed by atoms with E-state index in [0.29, 0.717) is 5.56 Å². The maximum Gasteiger partial charge on any atom is 0.0998 e. The fourth-order valence-corrected chi connectivity index (χ4v) is 7.19. The molecule has 0 radical (unpaired) electrons. The lowest BCUT2D eigenvalue weighted by atomic mass is 9.87. The van der Waals surface area contributed by atoms with Crippen molar-refractivity contribution >= 4 is 21.5 Å². The van der Waals surface area contributed by atoms with E-state index in [1.54, 1.807) is 0 Å². The van der Waals surface area contributed by atoms with Gasteiger partial charge in [0.1, 0.15) is 0 Å². The summed E-state index contributed by atoms with van der Waals surface area (Å²) in [5.41, 5.74) is 14.2. The van der Waals surface area contributed by atoms with Crippen LogP contribution in [0.2, 0.25) is 0 Å². The molecule has 1 aromatic heterocycles. The van der Waals surface area contributed by atoms with E-state index in [4.69, 9.17) is 4.98 Å². The van der Waals surface area contributed by atoms with Gasteiger partial charge in [0.2, 0.25) is 0 Å². The molecule has 2 nitrogen and oxygen atoms in total. The second-order valence-corrected chi connectivity index (χ2v) is 11.8. The Labute approximate surface area is 267 Å². The van der Waals surface area contributed by atoms with Crippen LogP contribution in [0.1, 0.15) is 5.56 Å². The third-order valence-corrected chi connectivity index (χ3v) is 9.28. The van der Waals surface area contributed by atoms with Gasteiger partial charge in [0.25, 0.3) is 0 Å². The number of aromatic nitrogens is 1. The van der Waals surface area contributed by atoms with Gasteiger partial charge >= 0.3 is 0 Å². The molecule has 0 saturated carbocycles. The summed E-state index contributed by atoms with van der Waals surface area (Å²) >= 11 is 0. The Bertz CT molecular complexity index is 2440. The molecule has 0 N–H and O–H groups in total. The van der Waals surface area contributed by atoms with Crippen molar-refractivity contribution in [3.63, 3.8) is 0 Å². The van der Waals surface area contributed by atoms with Crippen LogP contribution in [0.4, 0.5) is 0 Å². The highest BCUT2D eigenvalue weighted by Crippen LogP contribution is 2.52. The zero-order valence-electron chi connectivity index (χ0n) is 24.9. The predicted octanol–water partition coefficient (Wildman–Crippen LogP) is 11.6. The first kappa shape index (κ1) is 26.1. The summed E-state index contributed by atoms with van der Waals surface area (Å²) in [6.45, 7) is 0. The minimum absolute atomic E-state index is 0.683. The summed E-state index contributed by atoms with van der Waals surface area (Å²) in [6.07, 6.45) is 0. The van der Waals surface area contributed by atoms with E-state index in [2.05, 4.69) is 140 Å². The first-order valence-corrected chi connectivity index (χ1v) is 15.5. The van der Waals surface area contributed by atoms with E-state index in [1.807, 2.05) is 24.3 Å². The van der Waals surface area contributed by atoms with Crippen LogP contribution < -0.4 is 0 Å². The lowest BCUT2D eigenvalue weighted by Crippen LogP contribution is -1.94. The number of hydrogen-bond acceptors (Lipinski definition) is 2. The molecule has 1 aliphatic rings. The Morgan fingerprint density at radius 3 is 1.54 bits per heavy atom. The number of fused-ring (bicyclic) bond motifs is 4. The molecule has 0 unspecified atom stereocenters. The fraction of sp³-hybridized carbons (Fsp3) is 0. The number of nitrogens with zero attached hydrogens (tertiary/aromatic N) is 2. The van der Waals surface area contributed by atoms with Gasteiger partial charge in [-0.25, -0.2) is 4.98 Å². The Morgan fingerprint density at radius 2 is 0.870 bits per heavy atom. The van der Waals surface area contributed by atoms with Gasteiger partial charge in [-0.3, -0.25) is 0 Å². The predicted molar refractivity (Wildman–Crippen MR) is 190 cm³/mol. The maximum absolute atomic E-state index is 9.92. The summed E-state index contributed by atoms with van der Waals surface area (Å²) in [4.78, 5) is 5.36. The van der Waals surface area contributed by atoms with Crippen molar-refractivity contribution in [1.82, 2.24) is 4.98 Å². The Balaban J connectivity index is 1.40. The van der Waals surface area contributed by atoms with E-state index in [-0.39, 0.29) is 0 Å². The SMILES string of the molecule is N#Cc1ccc(-c2ccc3c4c(ccc(-c5cc(-c6ccccc6)cc(-c6ccccc6)n5)c24)-c2ccccc2-3)c2ccccc12. The quantitative estimate of drug-likeness (QED) is 0.207. The Morgan fingerprint density at radius 1 is 0.370 bits per heavy atom. The molecule has 0 aliphatic heterocycles. The third-order valence-electron chi connectivity index (χ3n) is 9.28. The Kier molecular flexibility index (Phi) is 5.91. The van der Waals surface area contributed by atoms with Gasteiger partial charge in [0.15, 0.2) is 0 Å². The van der Waals surface area contributed by atoms with Gasteiger partial charge in [-0.05, 0) is 73.5 Å². The second-order valence-electron chi connectivity index (χ2n) is 11.8. The average Bonchev–Trinajstić information content (AvgIpc) is 3.46. The van der Waals surface area contributed by atoms with Gasteiger partial charge in [-0.15, -0.1) is 0 Å². The van der Waals surface area contributed by atoms with Crippen molar-refractivity contribution in [2.75, 3.05) is 0 Å². The van der Waals surface area contributed by atoms with Crippen LogP contribution >= 0.6 is 0 Å². The molecule has 8 aromatic rings. The van der Waals surface area contributed by atoms with E-state index in [1.165, 1.54) is 33.0 Å². The highest BCUT2D eigenvalue weighted by atomic mass is 14.7. The van der Waals surface area contributed by atoms with Crippen LogP contribution in [-0.4, -0.2) is 4.98 Å². The van der Waals surface area contributed by atoms with Crippen molar-refractivity contribution in [3.8, 4) is 73.1 Å². The summed E-state index contributed by atoms with van der Waals surface area (Å²) in [5, 5.41) is 14.4. The second kappa shape index (κ2) is 10.4. The zero-order valence-corrected chi connectivity index (χ0v) is 24.9. The monoisotopic (exact) mass is 582 g/mol. The molecule has 1 heterocycles. The number of benzene rings is 7. The first-order chi connectivity index (χ1) is 22.8.